The van der Waals surface area contributed by atoms with E-state index in [1.807, 2.05) is 48.5 Å². The summed E-state index contributed by atoms with van der Waals surface area (Å²) in [5.41, 5.74) is 2.06. The summed E-state index contributed by atoms with van der Waals surface area (Å²) in [4.78, 5) is 38.4. The minimum atomic E-state index is -0.938. The molecule has 0 bridgehead atoms. The number of carbonyl (C=O) groups excluding carboxylic acids is 2. The normalized spacial score (nSPS) is 12.7. The molecule has 3 amide bonds. The van der Waals surface area contributed by atoms with Gasteiger partial charge in [-0.3, -0.25) is 4.79 Å². The molecule has 0 radical (unpaired) electrons. The molecular weight excluding hydrogens is 674 g/mol. The minimum Gasteiger partial charge on any atom is -0.353 e. The Bertz CT molecular complexity index is 1690. The second-order valence-corrected chi connectivity index (χ2v) is 11.4. The lowest BCUT2D eigenvalue weighted by atomic mass is 9.97. The van der Waals surface area contributed by atoms with E-state index in [1.165, 1.54) is 18.2 Å². The van der Waals surface area contributed by atoms with E-state index in [2.05, 4.69) is 20.9 Å². The van der Waals surface area contributed by atoms with Gasteiger partial charge in [0.05, 0.1) is 12.2 Å². The van der Waals surface area contributed by atoms with Crippen LogP contribution in [0.1, 0.15) is 21.5 Å². The maximum absolute atomic E-state index is 15.0. The van der Waals surface area contributed by atoms with Crippen LogP contribution in [0.4, 0.5) is 41.1 Å². The highest BCUT2D eigenvalue weighted by Gasteiger charge is 2.34. The van der Waals surface area contributed by atoms with E-state index in [9.17, 15) is 22.8 Å². The largest absolute Gasteiger partial charge is 0.353 e. The average molecular weight is 701 g/mol. The number of rotatable bonds is 8. The lowest BCUT2D eigenvalue weighted by Gasteiger charge is -2.31. The van der Waals surface area contributed by atoms with Crippen molar-refractivity contribution in [2.75, 3.05) is 42.7 Å². The number of carbonyl (C=O) groups is 2. The maximum Gasteiger partial charge on any atom is 0.328 e. The van der Waals surface area contributed by atoms with Crippen LogP contribution in [0, 0.1) is 27.9 Å². The summed E-state index contributed by atoms with van der Waals surface area (Å²) in [5.74, 6) is -2.69. The number of likely N-dealkylation sites (N-methyl/N-ethyl adjacent to an activating group) is 1. The van der Waals surface area contributed by atoms with Gasteiger partial charge >= 0.3 is 6.03 Å². The Morgan fingerprint density at radius 3 is 2.51 bits per heavy atom. The van der Waals surface area contributed by atoms with E-state index in [-0.39, 0.29) is 23.9 Å². The Balaban J connectivity index is 1.63. The average Bonchev–Trinajstić information content (AvgIpc) is 2.93. The van der Waals surface area contributed by atoms with Crippen LogP contribution in [0.15, 0.2) is 54.6 Å². The summed E-state index contributed by atoms with van der Waals surface area (Å²) >= 11 is 1.96. The molecule has 0 atom stereocenters. The number of para-hydroxylation sites is 1. The predicted octanol–water partition coefficient (Wildman–Crippen LogP) is 6.06. The van der Waals surface area contributed by atoms with Gasteiger partial charge in [0.2, 0.25) is 5.95 Å². The zero-order valence-electron chi connectivity index (χ0n) is 23.4. The first kappa shape index (κ1) is 30.2. The summed E-state index contributed by atoms with van der Waals surface area (Å²) in [6, 6.07) is 11.8. The Hall–Kier alpha value is -4.24. The standard InChI is InChI=1S/C30H27F3IN7O2/c1-16-7-8-17(28(42)37-20-13-18(31)12-19(34)14-20)11-21(16)25-22-15-36-30(43)41(26-23(32)5-4-6-24(26)33)27(22)39-29(38-25)35-9-10-40(2)3/h4-8,11-14H,9-10,15H2,1-3H3,(H,36,43)(H,37,42)(H,35,38,39). The summed E-state index contributed by atoms with van der Waals surface area (Å²) in [7, 11) is 3.80. The van der Waals surface area contributed by atoms with E-state index in [1.54, 1.807) is 24.3 Å². The van der Waals surface area contributed by atoms with Crippen molar-refractivity contribution in [3.8, 4) is 11.3 Å². The van der Waals surface area contributed by atoms with Gasteiger partial charge in [0, 0.05) is 39.0 Å². The molecule has 9 nitrogen and oxygen atoms in total. The molecule has 0 saturated heterocycles. The molecule has 222 valence electrons. The number of anilines is 4. The molecule has 1 aliphatic rings. The molecule has 0 saturated carbocycles. The molecule has 1 aromatic heterocycles. The maximum atomic E-state index is 15.0. The third-order valence-corrected chi connectivity index (χ3v) is 7.32. The number of halogens is 4. The van der Waals surface area contributed by atoms with Gasteiger partial charge in [-0.25, -0.2) is 27.8 Å². The number of nitrogens with zero attached hydrogens (tertiary/aromatic N) is 4. The zero-order chi connectivity index (χ0) is 30.8. The smallest absolute Gasteiger partial charge is 0.328 e. The minimum absolute atomic E-state index is 0.00805. The number of aromatic nitrogens is 2. The van der Waals surface area contributed by atoms with Crippen LogP contribution >= 0.6 is 22.6 Å². The van der Waals surface area contributed by atoms with Crippen molar-refractivity contribution in [2.24, 2.45) is 0 Å². The van der Waals surface area contributed by atoms with Crippen LogP contribution in [0.5, 0.6) is 0 Å². The van der Waals surface area contributed by atoms with Gasteiger partial charge in [-0.05, 0) is 91.6 Å². The fourth-order valence-electron chi connectivity index (χ4n) is 4.61. The second-order valence-electron chi connectivity index (χ2n) is 10.1. The monoisotopic (exact) mass is 701 g/mol. The Kier molecular flexibility index (Phi) is 8.82. The van der Waals surface area contributed by atoms with Crippen LogP contribution in [-0.2, 0) is 6.54 Å². The Morgan fingerprint density at radius 2 is 1.81 bits per heavy atom. The molecule has 0 aliphatic carbocycles. The number of nitrogens with one attached hydrogen (secondary N) is 3. The lowest BCUT2D eigenvalue weighted by molar-refractivity contribution is 0.102. The van der Waals surface area contributed by atoms with E-state index >= 15 is 0 Å². The first-order valence-corrected chi connectivity index (χ1v) is 14.3. The van der Waals surface area contributed by atoms with Gasteiger partial charge in [-0.1, -0.05) is 12.1 Å². The Labute approximate surface area is 259 Å². The zero-order valence-corrected chi connectivity index (χ0v) is 25.6. The summed E-state index contributed by atoms with van der Waals surface area (Å²) in [5, 5.41) is 8.50. The van der Waals surface area contributed by atoms with Crippen molar-refractivity contribution >= 4 is 57.7 Å². The van der Waals surface area contributed by atoms with Crippen LogP contribution in [0.3, 0.4) is 0 Å². The van der Waals surface area contributed by atoms with Gasteiger partial charge in [0.15, 0.2) is 5.82 Å². The van der Waals surface area contributed by atoms with Crippen LogP contribution in [0.2, 0.25) is 0 Å². The van der Waals surface area contributed by atoms with Crippen LogP contribution in [-0.4, -0.2) is 54.0 Å². The fourth-order valence-corrected chi connectivity index (χ4v) is 5.24. The van der Waals surface area contributed by atoms with Gasteiger partial charge in [0.25, 0.3) is 5.91 Å². The van der Waals surface area contributed by atoms with Crippen molar-refractivity contribution in [1.82, 2.24) is 20.2 Å². The number of hydrogen-bond donors (Lipinski definition) is 3. The highest BCUT2D eigenvalue weighted by molar-refractivity contribution is 14.1. The molecule has 1 aliphatic heterocycles. The number of aryl methyl sites for hydroxylation is 1. The predicted molar refractivity (Wildman–Crippen MR) is 167 cm³/mol. The molecule has 0 spiro atoms. The van der Waals surface area contributed by atoms with Gasteiger partial charge in [0.1, 0.15) is 23.1 Å². The van der Waals surface area contributed by atoms with E-state index in [0.717, 1.165) is 22.6 Å². The molecule has 5 rings (SSSR count). The molecule has 4 aromatic rings. The molecule has 0 unspecified atom stereocenters. The third-order valence-electron chi connectivity index (χ3n) is 6.70. The highest BCUT2D eigenvalue weighted by Crippen LogP contribution is 2.39. The molecule has 0 fully saturated rings. The molecule has 3 aromatic carbocycles. The van der Waals surface area contributed by atoms with Gasteiger partial charge in [-0.2, -0.15) is 4.98 Å². The van der Waals surface area contributed by atoms with Gasteiger partial charge < -0.3 is 20.9 Å². The van der Waals surface area contributed by atoms with Crippen molar-refractivity contribution in [1.29, 1.82) is 0 Å². The molecule has 2 heterocycles. The molecule has 3 N–H and O–H groups in total. The highest BCUT2D eigenvalue weighted by atomic mass is 127. The molecular formula is C30H27F3IN7O2. The third kappa shape index (κ3) is 6.57. The molecule has 43 heavy (non-hydrogen) atoms. The number of urea groups is 1. The van der Waals surface area contributed by atoms with Crippen molar-refractivity contribution in [3.63, 3.8) is 0 Å². The van der Waals surface area contributed by atoms with Crippen LogP contribution in [0.25, 0.3) is 11.3 Å². The SMILES string of the molecule is Cc1ccc(C(=O)Nc2cc(F)cc(I)c2)cc1-c1nc(NCCN(C)C)nc2c1CNC(=O)N2c1c(F)cccc1F. The lowest BCUT2D eigenvalue weighted by Crippen LogP contribution is -2.43. The van der Waals surface area contributed by atoms with Crippen molar-refractivity contribution in [2.45, 2.75) is 13.5 Å². The van der Waals surface area contributed by atoms with E-state index in [4.69, 9.17) is 4.98 Å². The number of amides is 3. The van der Waals surface area contributed by atoms with E-state index in [0.29, 0.717) is 39.2 Å². The van der Waals surface area contributed by atoms with Gasteiger partial charge in [-0.15, -0.1) is 0 Å². The summed E-state index contributed by atoms with van der Waals surface area (Å²) in [6.07, 6.45) is 0. The second kappa shape index (κ2) is 12.6. The number of fused-ring (bicyclic) bond motifs is 1. The van der Waals surface area contributed by atoms with Crippen molar-refractivity contribution in [3.05, 3.63) is 92.3 Å². The number of hydrogen-bond acceptors (Lipinski definition) is 6. The quantitative estimate of drug-likeness (QED) is 0.193. The first-order chi connectivity index (χ1) is 20.5. The van der Waals surface area contributed by atoms with Crippen LogP contribution < -0.4 is 20.9 Å². The number of benzene rings is 3. The molecule has 13 heteroatoms. The van der Waals surface area contributed by atoms with E-state index < -0.39 is 35.1 Å². The topological polar surface area (TPSA) is 102 Å². The fraction of sp³-hybridized carbons (Fsp3) is 0.200. The summed E-state index contributed by atoms with van der Waals surface area (Å²) < 4.78 is 44.5. The van der Waals surface area contributed by atoms with Crippen molar-refractivity contribution < 1.29 is 22.8 Å². The summed E-state index contributed by atoms with van der Waals surface area (Å²) in [6.45, 7) is 2.88. The Morgan fingerprint density at radius 1 is 1.07 bits per heavy atom. The first-order valence-electron chi connectivity index (χ1n) is 13.2.